The zero-order chi connectivity index (χ0) is 10.8. The molecule has 1 aliphatic rings. The maximum Gasteiger partial charge on any atom is 0.206 e. The van der Waals surface area contributed by atoms with Crippen LogP contribution in [0, 0.1) is 6.92 Å². The van der Waals surface area contributed by atoms with Crippen molar-refractivity contribution in [3.63, 3.8) is 0 Å². The highest BCUT2D eigenvalue weighted by Gasteiger charge is 2.17. The number of piperazine rings is 1. The first kappa shape index (κ1) is 10.5. The molecule has 2 heterocycles. The van der Waals surface area contributed by atoms with Gasteiger partial charge in [0.15, 0.2) is 0 Å². The van der Waals surface area contributed by atoms with Crippen LogP contribution in [-0.4, -0.2) is 35.7 Å². The van der Waals surface area contributed by atoms with Crippen LogP contribution >= 0.6 is 0 Å². The van der Waals surface area contributed by atoms with Crippen molar-refractivity contribution in [1.29, 1.82) is 0 Å². The van der Waals surface area contributed by atoms with Gasteiger partial charge >= 0.3 is 0 Å². The van der Waals surface area contributed by atoms with E-state index in [9.17, 15) is 0 Å². The summed E-state index contributed by atoms with van der Waals surface area (Å²) in [5, 5.41) is 3.36. The van der Waals surface area contributed by atoms with E-state index in [1.165, 1.54) is 0 Å². The molecule has 2 rings (SSSR count). The molecule has 1 aromatic heterocycles. The molecule has 1 fully saturated rings. The van der Waals surface area contributed by atoms with Gasteiger partial charge in [-0.15, -0.1) is 0 Å². The van der Waals surface area contributed by atoms with Gasteiger partial charge in [0.2, 0.25) is 5.95 Å². The summed E-state index contributed by atoms with van der Waals surface area (Å²) in [7, 11) is 0. The lowest BCUT2D eigenvalue weighted by molar-refractivity contribution is 0.541. The summed E-state index contributed by atoms with van der Waals surface area (Å²) in [6.45, 7) is 10.7. The molecule has 0 bridgehead atoms. The van der Waals surface area contributed by atoms with Gasteiger partial charge in [-0.3, -0.25) is 0 Å². The number of nitrogens with zero attached hydrogens (tertiary/aromatic N) is 3. The number of hydrogen-bond acceptors (Lipinski definition) is 3. The second kappa shape index (κ2) is 4.23. The van der Waals surface area contributed by atoms with Crippen LogP contribution in [0.4, 0.5) is 5.95 Å². The molecule has 0 aliphatic carbocycles. The molecule has 0 radical (unpaired) electrons. The molecule has 0 spiro atoms. The zero-order valence-corrected chi connectivity index (χ0v) is 9.82. The van der Waals surface area contributed by atoms with Crippen molar-refractivity contribution < 1.29 is 0 Å². The molecule has 0 atom stereocenters. The van der Waals surface area contributed by atoms with Crippen molar-refractivity contribution in [2.45, 2.75) is 26.8 Å². The van der Waals surface area contributed by atoms with E-state index in [-0.39, 0.29) is 0 Å². The van der Waals surface area contributed by atoms with Crippen LogP contribution in [0.25, 0.3) is 0 Å². The van der Waals surface area contributed by atoms with Crippen molar-refractivity contribution in [2.75, 3.05) is 31.1 Å². The predicted octanol–water partition coefficient (Wildman–Crippen LogP) is 1.18. The third-order valence-electron chi connectivity index (χ3n) is 2.79. The number of rotatable bonds is 2. The van der Waals surface area contributed by atoms with E-state index < -0.39 is 0 Å². The summed E-state index contributed by atoms with van der Waals surface area (Å²) in [6.07, 6.45) is 2.14. The van der Waals surface area contributed by atoms with Crippen molar-refractivity contribution >= 4 is 5.95 Å². The van der Waals surface area contributed by atoms with Crippen LogP contribution in [-0.2, 0) is 0 Å². The van der Waals surface area contributed by atoms with Crippen LogP contribution in [0.5, 0.6) is 0 Å². The Labute approximate surface area is 91.3 Å². The van der Waals surface area contributed by atoms with Crippen LogP contribution in [0.2, 0.25) is 0 Å². The topological polar surface area (TPSA) is 33.1 Å². The minimum absolute atomic E-state index is 0.482. The highest BCUT2D eigenvalue weighted by Crippen LogP contribution is 2.19. The first-order valence-electron chi connectivity index (χ1n) is 5.69. The summed E-state index contributed by atoms with van der Waals surface area (Å²) in [4.78, 5) is 6.98. The second-order valence-corrected chi connectivity index (χ2v) is 4.42. The third-order valence-corrected chi connectivity index (χ3v) is 2.79. The highest BCUT2D eigenvalue weighted by molar-refractivity contribution is 5.34. The smallest absolute Gasteiger partial charge is 0.206 e. The van der Waals surface area contributed by atoms with E-state index >= 15 is 0 Å². The van der Waals surface area contributed by atoms with E-state index in [1.807, 2.05) is 0 Å². The van der Waals surface area contributed by atoms with E-state index in [2.05, 4.69) is 46.7 Å². The molecule has 1 aromatic rings. The summed E-state index contributed by atoms with van der Waals surface area (Å²) in [5.41, 5.74) is 1.11. The number of imidazole rings is 1. The number of aromatic nitrogens is 2. The average molecular weight is 208 g/mol. The maximum atomic E-state index is 4.62. The Kier molecular flexibility index (Phi) is 2.95. The van der Waals surface area contributed by atoms with Crippen molar-refractivity contribution in [3.05, 3.63) is 11.9 Å². The Morgan fingerprint density at radius 3 is 2.60 bits per heavy atom. The monoisotopic (exact) mass is 208 g/mol. The molecule has 0 saturated carbocycles. The first-order chi connectivity index (χ1) is 7.18. The van der Waals surface area contributed by atoms with E-state index in [1.54, 1.807) is 0 Å². The van der Waals surface area contributed by atoms with Gasteiger partial charge in [-0.1, -0.05) is 0 Å². The zero-order valence-electron chi connectivity index (χ0n) is 9.82. The molecule has 1 N–H and O–H groups in total. The average Bonchev–Trinajstić information content (AvgIpc) is 2.62. The number of anilines is 1. The first-order valence-corrected chi connectivity index (χ1v) is 5.69. The molecule has 84 valence electrons. The lowest BCUT2D eigenvalue weighted by atomic mass is 10.3. The summed E-state index contributed by atoms with van der Waals surface area (Å²) >= 11 is 0. The number of hydrogen-bond donors (Lipinski definition) is 1. The fourth-order valence-electron chi connectivity index (χ4n) is 1.98. The summed E-state index contributed by atoms with van der Waals surface area (Å²) in [6, 6.07) is 0.482. The molecular weight excluding hydrogens is 188 g/mol. The minimum atomic E-state index is 0.482. The van der Waals surface area contributed by atoms with Gasteiger partial charge in [0.1, 0.15) is 0 Å². The number of aryl methyl sites for hydroxylation is 1. The van der Waals surface area contributed by atoms with Gasteiger partial charge in [-0.05, 0) is 20.8 Å². The molecular formula is C11H20N4. The number of nitrogens with one attached hydrogen (secondary N) is 1. The van der Waals surface area contributed by atoms with Crippen molar-refractivity contribution in [1.82, 2.24) is 14.9 Å². The lowest BCUT2D eigenvalue weighted by Crippen LogP contribution is -2.44. The fraction of sp³-hybridized carbons (Fsp3) is 0.727. The van der Waals surface area contributed by atoms with Crippen LogP contribution < -0.4 is 10.2 Å². The highest BCUT2D eigenvalue weighted by atomic mass is 15.3. The molecule has 1 aliphatic heterocycles. The van der Waals surface area contributed by atoms with E-state index in [0.29, 0.717) is 6.04 Å². The van der Waals surface area contributed by atoms with E-state index in [4.69, 9.17) is 0 Å². The van der Waals surface area contributed by atoms with Crippen LogP contribution in [0.1, 0.15) is 25.6 Å². The van der Waals surface area contributed by atoms with Gasteiger partial charge in [-0.2, -0.15) is 0 Å². The van der Waals surface area contributed by atoms with Gasteiger partial charge < -0.3 is 14.8 Å². The van der Waals surface area contributed by atoms with Gasteiger partial charge in [-0.25, -0.2) is 4.98 Å². The normalized spacial score (nSPS) is 17.5. The SMILES string of the molecule is Cc1cn(C(C)C)c(N2CCNCC2)n1. The molecule has 4 nitrogen and oxygen atoms in total. The Morgan fingerprint density at radius 2 is 2.00 bits per heavy atom. The summed E-state index contributed by atoms with van der Waals surface area (Å²) < 4.78 is 2.26. The predicted molar refractivity (Wildman–Crippen MR) is 62.4 cm³/mol. The van der Waals surface area contributed by atoms with Crippen LogP contribution in [0.15, 0.2) is 6.20 Å². The Bertz CT molecular complexity index is 323. The molecule has 4 heteroatoms. The Balaban J connectivity index is 2.25. The van der Waals surface area contributed by atoms with Gasteiger partial charge in [0, 0.05) is 38.4 Å². The van der Waals surface area contributed by atoms with Crippen molar-refractivity contribution in [2.24, 2.45) is 0 Å². The van der Waals surface area contributed by atoms with Crippen molar-refractivity contribution in [3.8, 4) is 0 Å². The fourth-order valence-corrected chi connectivity index (χ4v) is 1.98. The molecule has 0 unspecified atom stereocenters. The Morgan fingerprint density at radius 1 is 1.33 bits per heavy atom. The second-order valence-electron chi connectivity index (χ2n) is 4.42. The molecule has 0 amide bonds. The van der Waals surface area contributed by atoms with E-state index in [0.717, 1.165) is 37.8 Å². The molecule has 0 aromatic carbocycles. The largest absolute Gasteiger partial charge is 0.340 e. The minimum Gasteiger partial charge on any atom is -0.340 e. The third kappa shape index (κ3) is 2.15. The summed E-state index contributed by atoms with van der Waals surface area (Å²) in [5.74, 6) is 1.13. The Hall–Kier alpha value is -1.03. The van der Waals surface area contributed by atoms with Crippen LogP contribution in [0.3, 0.4) is 0 Å². The molecule has 1 saturated heterocycles. The standard InChI is InChI=1S/C11H20N4/c1-9(2)15-8-10(3)13-11(15)14-6-4-12-5-7-14/h8-9,12H,4-7H2,1-3H3. The van der Waals surface area contributed by atoms with Gasteiger partial charge in [0.25, 0.3) is 0 Å². The van der Waals surface area contributed by atoms with Gasteiger partial charge in [0.05, 0.1) is 5.69 Å². The quantitative estimate of drug-likeness (QED) is 0.792. The molecule has 15 heavy (non-hydrogen) atoms. The lowest BCUT2D eigenvalue weighted by Gasteiger charge is -2.29. The maximum absolute atomic E-state index is 4.62.